The van der Waals surface area contributed by atoms with E-state index in [4.69, 9.17) is 4.52 Å². The highest BCUT2D eigenvalue weighted by Gasteiger charge is 2.35. The molecule has 2 aromatic heterocycles. The lowest BCUT2D eigenvalue weighted by molar-refractivity contribution is -0.119. The summed E-state index contributed by atoms with van der Waals surface area (Å²) in [5.74, 6) is 0.629. The van der Waals surface area contributed by atoms with Gasteiger partial charge in [0.1, 0.15) is 12.2 Å². The molecule has 0 saturated carbocycles. The van der Waals surface area contributed by atoms with E-state index in [-0.39, 0.29) is 45.7 Å². The van der Waals surface area contributed by atoms with Crippen molar-refractivity contribution in [2.24, 2.45) is 5.92 Å². The van der Waals surface area contributed by atoms with Gasteiger partial charge in [0, 0.05) is 23.2 Å². The Bertz CT molecular complexity index is 1340. The second-order valence-corrected chi connectivity index (χ2v) is 13.4. The summed E-state index contributed by atoms with van der Waals surface area (Å²) in [4.78, 5) is 16.0. The molecule has 1 aromatic carbocycles. The van der Waals surface area contributed by atoms with Crippen LogP contribution >= 0.6 is 23.1 Å². The number of rotatable bonds is 7. The number of carbonyl (C=O) groups is 1. The van der Waals surface area contributed by atoms with E-state index in [2.05, 4.69) is 39.9 Å². The van der Waals surface area contributed by atoms with Gasteiger partial charge in [0.25, 0.3) is 0 Å². The van der Waals surface area contributed by atoms with E-state index < -0.39 is 29.4 Å². The van der Waals surface area contributed by atoms with E-state index >= 15 is 0 Å². The maximum absolute atomic E-state index is 14.3. The molecule has 0 bridgehead atoms. The molecule has 4 heterocycles. The average molecular weight is 618 g/mol. The van der Waals surface area contributed by atoms with Gasteiger partial charge in [-0.15, -0.1) is 11.3 Å². The number of hydrogen-bond acceptors (Lipinski definition) is 9. The predicted octanol–water partition coefficient (Wildman–Crippen LogP) is 6.43. The second-order valence-electron chi connectivity index (χ2n) is 11.3. The van der Waals surface area contributed by atoms with Gasteiger partial charge in [-0.1, -0.05) is 31.1 Å². The van der Waals surface area contributed by atoms with Crippen LogP contribution < -0.4 is 16.0 Å². The molecule has 2 aliphatic rings. The molecule has 5 rings (SSSR count). The summed E-state index contributed by atoms with van der Waals surface area (Å²) in [6.07, 6.45) is 1.13. The lowest BCUT2D eigenvalue weighted by Gasteiger charge is -2.28. The number of carbonyl (C=O) groups excluding carboxylic acids is 1. The standard InChI is InChI=1S/C20H19F4N5O2S2.C7H16O/c21-10-8-25-7-6-11(10)26-12-3-1-2-9-15(12)32-17(16(9)33-20(22,23)24)18-28-19(31-29-18)13-4-5-14(30)27-13;1-6(2)5-7(3,4)8/h1-3,10-11,13,25-26H,4-8H2,(H,27,30);6,8H,5H2,1-4H3. The minimum atomic E-state index is -4.53. The fourth-order valence-electron chi connectivity index (χ4n) is 5.02. The minimum Gasteiger partial charge on any atom is -0.390 e. The minimum absolute atomic E-state index is 0.0234. The van der Waals surface area contributed by atoms with E-state index in [9.17, 15) is 27.5 Å². The average Bonchev–Trinajstić information content (AvgIpc) is 3.58. The quantitative estimate of drug-likeness (QED) is 0.177. The summed E-state index contributed by atoms with van der Waals surface area (Å²) >= 11 is 0.860. The van der Waals surface area contributed by atoms with Crippen molar-refractivity contribution < 1.29 is 32.0 Å². The van der Waals surface area contributed by atoms with Crippen LogP contribution in [0.15, 0.2) is 27.6 Å². The Morgan fingerprint density at radius 2 is 2.02 bits per heavy atom. The number of hydrogen-bond donors (Lipinski definition) is 4. The number of thiophene rings is 1. The zero-order valence-corrected chi connectivity index (χ0v) is 24.9. The molecule has 4 N–H and O–H groups in total. The number of aromatic nitrogens is 2. The van der Waals surface area contributed by atoms with Crippen LogP contribution in [0.5, 0.6) is 0 Å². The van der Waals surface area contributed by atoms with Crippen molar-refractivity contribution in [1.82, 2.24) is 20.8 Å². The van der Waals surface area contributed by atoms with E-state index in [1.54, 1.807) is 18.2 Å². The van der Waals surface area contributed by atoms with Crippen molar-refractivity contribution >= 4 is 44.8 Å². The number of nitrogens with one attached hydrogen (secondary N) is 3. The second kappa shape index (κ2) is 12.8. The highest BCUT2D eigenvalue weighted by atomic mass is 32.2. The van der Waals surface area contributed by atoms with Crippen LogP contribution in [0.1, 0.15) is 65.3 Å². The normalized spacial score (nSPS) is 21.6. The summed E-state index contributed by atoms with van der Waals surface area (Å²) in [6, 6.07) is 4.08. The van der Waals surface area contributed by atoms with Crippen molar-refractivity contribution in [1.29, 1.82) is 0 Å². The first kappa shape index (κ1) is 31.5. The number of anilines is 1. The molecule has 1 amide bonds. The van der Waals surface area contributed by atoms with Crippen LogP contribution in [-0.2, 0) is 4.79 Å². The van der Waals surface area contributed by atoms with E-state index in [1.165, 1.54) is 0 Å². The molecule has 3 atom stereocenters. The number of alkyl halides is 4. The molecule has 2 aliphatic heterocycles. The van der Waals surface area contributed by atoms with Crippen LogP contribution in [0.25, 0.3) is 20.8 Å². The van der Waals surface area contributed by atoms with Crippen molar-refractivity contribution in [2.45, 2.75) is 87.6 Å². The fourth-order valence-corrected chi connectivity index (χ4v) is 7.13. The largest absolute Gasteiger partial charge is 0.446 e. The summed E-state index contributed by atoms with van der Waals surface area (Å²) in [5, 5.41) is 22.3. The molecule has 0 aliphatic carbocycles. The first-order valence-corrected chi connectivity index (χ1v) is 15.1. The van der Waals surface area contributed by atoms with Crippen molar-refractivity contribution in [2.75, 3.05) is 18.4 Å². The Hall–Kier alpha value is -2.42. The molecule has 0 spiro atoms. The third kappa shape index (κ3) is 8.55. The van der Waals surface area contributed by atoms with Gasteiger partial charge in [0.05, 0.1) is 26.9 Å². The Morgan fingerprint density at radius 1 is 1.27 bits per heavy atom. The van der Waals surface area contributed by atoms with Gasteiger partial charge in [0.15, 0.2) is 0 Å². The zero-order valence-electron chi connectivity index (χ0n) is 23.3. The van der Waals surface area contributed by atoms with Gasteiger partial charge in [-0.3, -0.25) is 4.79 Å². The molecule has 0 radical (unpaired) electrons. The fraction of sp³-hybridized carbons (Fsp3) is 0.593. The predicted molar refractivity (Wildman–Crippen MR) is 153 cm³/mol. The third-order valence-electron chi connectivity index (χ3n) is 6.48. The monoisotopic (exact) mass is 617 g/mol. The van der Waals surface area contributed by atoms with Crippen molar-refractivity contribution in [3.05, 3.63) is 24.1 Å². The van der Waals surface area contributed by atoms with Crippen LogP contribution in [0.2, 0.25) is 0 Å². The number of nitrogens with zero attached hydrogens (tertiary/aromatic N) is 2. The van der Waals surface area contributed by atoms with Crippen molar-refractivity contribution in [3.63, 3.8) is 0 Å². The first-order valence-electron chi connectivity index (χ1n) is 13.5. The van der Waals surface area contributed by atoms with Crippen molar-refractivity contribution in [3.8, 4) is 10.7 Å². The van der Waals surface area contributed by atoms with Gasteiger partial charge < -0.3 is 25.6 Å². The first-order chi connectivity index (χ1) is 19.2. The van der Waals surface area contributed by atoms with Crippen LogP contribution in [0, 0.1) is 5.92 Å². The van der Waals surface area contributed by atoms with Gasteiger partial charge >= 0.3 is 5.51 Å². The molecule has 2 fully saturated rings. The molecule has 2 saturated heterocycles. The Balaban J connectivity index is 0.000000426. The van der Waals surface area contributed by atoms with Crippen LogP contribution in [0.4, 0.5) is 23.2 Å². The molecular formula is C27H35F4N5O3S2. The van der Waals surface area contributed by atoms with Gasteiger partial charge in [0.2, 0.25) is 17.6 Å². The van der Waals surface area contributed by atoms with E-state index in [0.717, 1.165) is 17.8 Å². The number of benzene rings is 1. The van der Waals surface area contributed by atoms with E-state index in [1.807, 2.05) is 13.8 Å². The molecule has 226 valence electrons. The molecule has 8 nitrogen and oxygen atoms in total. The molecular weight excluding hydrogens is 582 g/mol. The maximum Gasteiger partial charge on any atom is 0.446 e. The molecule has 3 unspecified atom stereocenters. The topological polar surface area (TPSA) is 112 Å². The summed E-state index contributed by atoms with van der Waals surface area (Å²) in [7, 11) is 0. The Labute approximate surface area is 244 Å². The van der Waals surface area contributed by atoms with Crippen LogP contribution in [0.3, 0.4) is 0 Å². The zero-order chi connectivity index (χ0) is 29.9. The van der Waals surface area contributed by atoms with E-state index in [0.29, 0.717) is 47.5 Å². The summed E-state index contributed by atoms with van der Waals surface area (Å²) in [6.45, 7) is 8.78. The SMILES string of the molecule is CC(C)CC(C)(C)O.O=C1CCC(c2nc(-c3sc4c(NC5CCNCC5F)cccc4c3SC(F)(F)F)no2)N1. The van der Waals surface area contributed by atoms with Gasteiger partial charge in [-0.25, -0.2) is 4.39 Å². The smallest absolute Gasteiger partial charge is 0.390 e. The number of piperidine rings is 1. The maximum atomic E-state index is 14.3. The lowest BCUT2D eigenvalue weighted by Crippen LogP contribution is -2.45. The summed E-state index contributed by atoms with van der Waals surface area (Å²) in [5.41, 5.74) is -4.44. The Kier molecular flexibility index (Phi) is 9.87. The number of amides is 1. The highest BCUT2D eigenvalue weighted by molar-refractivity contribution is 8.00. The summed E-state index contributed by atoms with van der Waals surface area (Å²) < 4.78 is 60.5. The van der Waals surface area contributed by atoms with Crippen LogP contribution in [-0.4, -0.2) is 57.6 Å². The van der Waals surface area contributed by atoms with Gasteiger partial charge in [-0.05, 0) is 63.4 Å². The molecule has 41 heavy (non-hydrogen) atoms. The third-order valence-corrected chi connectivity index (χ3v) is 8.71. The number of halogens is 4. The molecule has 14 heteroatoms. The van der Waals surface area contributed by atoms with Gasteiger partial charge in [-0.2, -0.15) is 18.2 Å². The Morgan fingerprint density at radius 3 is 2.61 bits per heavy atom. The highest BCUT2D eigenvalue weighted by Crippen LogP contribution is 2.50. The number of thioether (sulfide) groups is 1. The number of aliphatic hydroxyl groups is 1. The molecule has 3 aromatic rings. The lowest BCUT2D eigenvalue weighted by atomic mass is 9.97. The number of fused-ring (bicyclic) bond motifs is 1.